The standard InChI is InChI=1S/C15H14BrF/c16-15(10-4-3-5-10)13-8-9-14(17)12-7-2-1-6-11(12)13/h1-2,6-10,15H,3-5H2. The topological polar surface area (TPSA) is 0 Å². The molecule has 0 N–H and O–H groups in total. The van der Waals surface area contributed by atoms with Crippen LogP contribution in [-0.2, 0) is 0 Å². The Bertz CT molecular complexity index is 546. The van der Waals surface area contributed by atoms with E-state index in [1.165, 1.54) is 24.8 Å². The van der Waals surface area contributed by atoms with Crippen LogP contribution in [0.25, 0.3) is 10.8 Å². The van der Waals surface area contributed by atoms with Crippen LogP contribution >= 0.6 is 15.9 Å². The van der Waals surface area contributed by atoms with Gasteiger partial charge in [-0.15, -0.1) is 0 Å². The molecule has 1 aliphatic rings. The van der Waals surface area contributed by atoms with Gasteiger partial charge in [0.25, 0.3) is 0 Å². The predicted molar refractivity (Wildman–Crippen MR) is 72.9 cm³/mol. The molecule has 1 atom stereocenters. The van der Waals surface area contributed by atoms with E-state index in [4.69, 9.17) is 0 Å². The lowest BCUT2D eigenvalue weighted by molar-refractivity contribution is 0.313. The summed E-state index contributed by atoms with van der Waals surface area (Å²) in [5, 5.41) is 1.77. The Kier molecular flexibility index (Phi) is 2.91. The van der Waals surface area contributed by atoms with Gasteiger partial charge in [-0.1, -0.05) is 52.7 Å². The summed E-state index contributed by atoms with van der Waals surface area (Å²) in [5.41, 5.74) is 1.23. The second-order valence-corrected chi connectivity index (χ2v) is 5.76. The molecule has 0 amide bonds. The van der Waals surface area contributed by atoms with Gasteiger partial charge in [-0.05, 0) is 35.8 Å². The van der Waals surface area contributed by atoms with E-state index in [1.807, 2.05) is 30.3 Å². The lowest BCUT2D eigenvalue weighted by atomic mass is 9.80. The van der Waals surface area contributed by atoms with Crippen molar-refractivity contribution in [2.45, 2.75) is 24.1 Å². The number of hydrogen-bond donors (Lipinski definition) is 0. The minimum absolute atomic E-state index is 0.127. The molecule has 3 rings (SSSR count). The van der Waals surface area contributed by atoms with E-state index in [-0.39, 0.29) is 5.82 Å². The molecule has 17 heavy (non-hydrogen) atoms. The monoisotopic (exact) mass is 292 g/mol. The van der Waals surface area contributed by atoms with Crippen LogP contribution in [0, 0.1) is 11.7 Å². The molecule has 0 spiro atoms. The van der Waals surface area contributed by atoms with E-state index in [0.717, 1.165) is 10.8 Å². The summed E-state index contributed by atoms with van der Waals surface area (Å²) < 4.78 is 13.7. The summed E-state index contributed by atoms with van der Waals surface area (Å²) in [6.45, 7) is 0. The van der Waals surface area contributed by atoms with Crippen LogP contribution in [0.4, 0.5) is 4.39 Å². The van der Waals surface area contributed by atoms with Crippen molar-refractivity contribution in [1.82, 2.24) is 0 Å². The van der Waals surface area contributed by atoms with Crippen LogP contribution in [0.2, 0.25) is 0 Å². The van der Waals surface area contributed by atoms with Crippen LogP contribution in [0.5, 0.6) is 0 Å². The summed E-state index contributed by atoms with van der Waals surface area (Å²) in [7, 11) is 0. The summed E-state index contributed by atoms with van der Waals surface area (Å²) in [5.74, 6) is 0.585. The predicted octanol–water partition coefficient (Wildman–Crippen LogP) is 5.22. The van der Waals surface area contributed by atoms with Gasteiger partial charge in [0.15, 0.2) is 0 Å². The average Bonchev–Trinajstić information content (AvgIpc) is 2.27. The Morgan fingerprint density at radius 2 is 1.76 bits per heavy atom. The molecule has 0 nitrogen and oxygen atoms in total. The van der Waals surface area contributed by atoms with E-state index in [1.54, 1.807) is 6.07 Å². The number of fused-ring (bicyclic) bond motifs is 1. The summed E-state index contributed by atoms with van der Waals surface area (Å²) in [4.78, 5) is 0.363. The van der Waals surface area contributed by atoms with Crippen molar-refractivity contribution >= 4 is 26.7 Å². The van der Waals surface area contributed by atoms with Crippen LogP contribution in [0.15, 0.2) is 36.4 Å². The molecule has 1 fully saturated rings. The first-order valence-corrected chi connectivity index (χ1v) is 7.00. The fourth-order valence-corrected chi connectivity index (χ4v) is 3.44. The first kappa shape index (κ1) is 11.2. The van der Waals surface area contributed by atoms with Gasteiger partial charge in [0.1, 0.15) is 5.82 Å². The molecule has 0 radical (unpaired) electrons. The molecule has 2 aromatic rings. The molecule has 0 aromatic heterocycles. The molecule has 0 aliphatic heterocycles. The van der Waals surface area contributed by atoms with Gasteiger partial charge in [0, 0.05) is 10.2 Å². The van der Waals surface area contributed by atoms with Crippen LogP contribution in [0.3, 0.4) is 0 Å². The SMILES string of the molecule is Fc1ccc(C(Br)C2CCC2)c2ccccc12. The van der Waals surface area contributed by atoms with Crippen molar-refractivity contribution in [3.05, 3.63) is 47.8 Å². The highest BCUT2D eigenvalue weighted by atomic mass is 79.9. The number of hydrogen-bond acceptors (Lipinski definition) is 0. The highest BCUT2D eigenvalue weighted by Crippen LogP contribution is 2.45. The molecular formula is C15H14BrF. The highest BCUT2D eigenvalue weighted by Gasteiger charge is 2.27. The summed E-state index contributed by atoms with van der Waals surface area (Å²) in [6, 6.07) is 11.3. The second-order valence-electron chi connectivity index (χ2n) is 4.77. The molecule has 1 unspecified atom stereocenters. The van der Waals surface area contributed by atoms with Crippen molar-refractivity contribution in [2.24, 2.45) is 5.92 Å². The first-order chi connectivity index (χ1) is 8.27. The normalized spacial score (nSPS) is 18.0. The molecular weight excluding hydrogens is 279 g/mol. The van der Waals surface area contributed by atoms with Gasteiger partial charge in [-0.2, -0.15) is 0 Å². The number of benzene rings is 2. The van der Waals surface area contributed by atoms with Gasteiger partial charge < -0.3 is 0 Å². The van der Waals surface area contributed by atoms with E-state index in [0.29, 0.717) is 10.7 Å². The molecule has 0 bridgehead atoms. The molecule has 2 aromatic carbocycles. The number of halogens is 2. The van der Waals surface area contributed by atoms with Crippen molar-refractivity contribution in [2.75, 3.05) is 0 Å². The lowest BCUT2D eigenvalue weighted by Gasteiger charge is -2.31. The van der Waals surface area contributed by atoms with Crippen molar-refractivity contribution in [1.29, 1.82) is 0 Å². The van der Waals surface area contributed by atoms with Gasteiger partial charge >= 0.3 is 0 Å². The van der Waals surface area contributed by atoms with Crippen LogP contribution in [-0.4, -0.2) is 0 Å². The van der Waals surface area contributed by atoms with Crippen molar-refractivity contribution in [3.8, 4) is 0 Å². The van der Waals surface area contributed by atoms with Gasteiger partial charge in [-0.25, -0.2) is 4.39 Å². The highest BCUT2D eigenvalue weighted by molar-refractivity contribution is 9.09. The third kappa shape index (κ3) is 1.89. The van der Waals surface area contributed by atoms with Crippen molar-refractivity contribution in [3.63, 3.8) is 0 Å². The fraction of sp³-hybridized carbons (Fsp3) is 0.333. The van der Waals surface area contributed by atoms with Gasteiger partial charge in [0.2, 0.25) is 0 Å². The quantitative estimate of drug-likeness (QED) is 0.666. The van der Waals surface area contributed by atoms with Gasteiger partial charge in [-0.3, -0.25) is 0 Å². The maximum atomic E-state index is 13.7. The molecule has 0 heterocycles. The van der Waals surface area contributed by atoms with Crippen molar-refractivity contribution < 1.29 is 4.39 Å². The minimum Gasteiger partial charge on any atom is -0.206 e. The minimum atomic E-state index is -0.127. The third-order valence-electron chi connectivity index (χ3n) is 3.77. The van der Waals surface area contributed by atoms with E-state index in [9.17, 15) is 4.39 Å². The zero-order chi connectivity index (χ0) is 11.8. The molecule has 0 saturated heterocycles. The molecule has 88 valence electrons. The number of rotatable bonds is 2. The Hall–Kier alpha value is -0.890. The maximum Gasteiger partial charge on any atom is 0.131 e. The van der Waals surface area contributed by atoms with E-state index in [2.05, 4.69) is 15.9 Å². The maximum absolute atomic E-state index is 13.7. The Morgan fingerprint density at radius 1 is 1.06 bits per heavy atom. The van der Waals surface area contributed by atoms with E-state index >= 15 is 0 Å². The first-order valence-electron chi connectivity index (χ1n) is 6.08. The molecule has 1 saturated carbocycles. The Labute approximate surface area is 109 Å². The fourth-order valence-electron chi connectivity index (χ4n) is 2.51. The zero-order valence-electron chi connectivity index (χ0n) is 9.50. The van der Waals surface area contributed by atoms with Crippen LogP contribution in [0.1, 0.15) is 29.7 Å². The van der Waals surface area contributed by atoms with Crippen LogP contribution < -0.4 is 0 Å². The third-order valence-corrected chi connectivity index (χ3v) is 5.01. The average molecular weight is 293 g/mol. The smallest absolute Gasteiger partial charge is 0.131 e. The summed E-state index contributed by atoms with van der Waals surface area (Å²) in [6.07, 6.45) is 3.88. The second kappa shape index (κ2) is 4.41. The van der Waals surface area contributed by atoms with E-state index < -0.39 is 0 Å². The summed E-state index contributed by atoms with van der Waals surface area (Å²) >= 11 is 3.79. The molecule has 2 heteroatoms. The Balaban J connectivity index is 2.12. The Morgan fingerprint density at radius 3 is 2.41 bits per heavy atom. The van der Waals surface area contributed by atoms with Gasteiger partial charge in [0.05, 0.1) is 0 Å². The number of alkyl halides is 1. The lowest BCUT2D eigenvalue weighted by Crippen LogP contribution is -2.16. The largest absolute Gasteiger partial charge is 0.206 e. The molecule has 1 aliphatic carbocycles. The zero-order valence-corrected chi connectivity index (χ0v) is 11.1.